The number of sulfone groups is 1. The topological polar surface area (TPSA) is 66.9 Å². The van der Waals surface area contributed by atoms with E-state index in [-0.39, 0.29) is 16.4 Å². The molecule has 0 saturated carbocycles. The van der Waals surface area contributed by atoms with Crippen LogP contribution in [0.2, 0.25) is 0 Å². The molecule has 3 rings (SSSR count). The number of hydrogen-bond donors (Lipinski definition) is 0. The Morgan fingerprint density at radius 2 is 1.63 bits per heavy atom. The Labute approximate surface area is 160 Å². The van der Waals surface area contributed by atoms with Crippen molar-refractivity contribution in [2.24, 2.45) is 0 Å². The molecule has 0 spiro atoms. The second-order valence-electron chi connectivity index (χ2n) is 6.45. The van der Waals surface area contributed by atoms with Crippen molar-refractivity contribution in [3.05, 3.63) is 54.1 Å². The number of hydrogen-bond acceptors (Lipinski definition) is 5. The van der Waals surface area contributed by atoms with E-state index < -0.39 is 9.84 Å². The van der Waals surface area contributed by atoms with Crippen molar-refractivity contribution in [1.82, 2.24) is 4.90 Å². The molecular formula is C20H24N2O4S. The molecule has 144 valence electrons. The minimum atomic E-state index is -3.46. The zero-order valence-corrected chi connectivity index (χ0v) is 16.4. The lowest BCUT2D eigenvalue weighted by Crippen LogP contribution is -2.49. The summed E-state index contributed by atoms with van der Waals surface area (Å²) in [4.78, 5) is 16.9. The number of piperazine rings is 1. The molecule has 1 amide bonds. The predicted molar refractivity (Wildman–Crippen MR) is 105 cm³/mol. The predicted octanol–water partition coefficient (Wildman–Crippen LogP) is 2.45. The molecule has 1 saturated heterocycles. The van der Waals surface area contributed by atoms with Gasteiger partial charge in [-0.2, -0.15) is 0 Å². The van der Waals surface area contributed by atoms with Crippen LogP contribution >= 0.6 is 0 Å². The van der Waals surface area contributed by atoms with E-state index >= 15 is 0 Å². The normalized spacial score (nSPS) is 14.9. The fourth-order valence-electron chi connectivity index (χ4n) is 3.28. The lowest BCUT2D eigenvalue weighted by Gasteiger charge is -2.37. The van der Waals surface area contributed by atoms with Crippen LogP contribution in [-0.4, -0.2) is 58.3 Å². The van der Waals surface area contributed by atoms with Gasteiger partial charge in [-0.1, -0.05) is 24.3 Å². The molecule has 1 fully saturated rings. The summed E-state index contributed by atoms with van der Waals surface area (Å²) in [5, 5.41) is 0. The van der Waals surface area contributed by atoms with Crippen molar-refractivity contribution in [3.63, 3.8) is 0 Å². The van der Waals surface area contributed by atoms with Gasteiger partial charge in [0.25, 0.3) is 5.91 Å². The zero-order valence-electron chi connectivity index (χ0n) is 15.6. The lowest BCUT2D eigenvalue weighted by molar-refractivity contribution is 0.0743. The van der Waals surface area contributed by atoms with Crippen LogP contribution in [0.15, 0.2) is 53.4 Å². The average Bonchev–Trinajstić information content (AvgIpc) is 2.68. The molecule has 7 heteroatoms. The van der Waals surface area contributed by atoms with Gasteiger partial charge in [0.05, 0.1) is 22.8 Å². The van der Waals surface area contributed by atoms with E-state index in [0.717, 1.165) is 17.7 Å². The largest absolute Gasteiger partial charge is 0.492 e. The maximum Gasteiger partial charge on any atom is 0.255 e. The standard InChI is InChI=1S/C20H24N2O4S/c1-3-26-18-10-6-5-9-17(18)21-12-14-22(15-13-21)20(23)16-8-4-7-11-19(16)27(2,24)25/h4-11H,3,12-15H2,1-2H3. The van der Waals surface area contributed by atoms with Gasteiger partial charge in [0, 0.05) is 32.4 Å². The van der Waals surface area contributed by atoms with Gasteiger partial charge >= 0.3 is 0 Å². The van der Waals surface area contributed by atoms with Crippen molar-refractivity contribution in [2.45, 2.75) is 11.8 Å². The van der Waals surface area contributed by atoms with Gasteiger partial charge < -0.3 is 14.5 Å². The number of rotatable bonds is 5. The summed E-state index contributed by atoms with van der Waals surface area (Å²) < 4.78 is 29.7. The highest BCUT2D eigenvalue weighted by Crippen LogP contribution is 2.29. The van der Waals surface area contributed by atoms with Crippen molar-refractivity contribution >= 4 is 21.4 Å². The van der Waals surface area contributed by atoms with Crippen LogP contribution in [-0.2, 0) is 9.84 Å². The monoisotopic (exact) mass is 388 g/mol. The number of ether oxygens (including phenoxy) is 1. The van der Waals surface area contributed by atoms with Crippen LogP contribution in [0.4, 0.5) is 5.69 Å². The van der Waals surface area contributed by atoms with E-state index in [1.165, 1.54) is 6.07 Å². The molecule has 0 radical (unpaired) electrons. The van der Waals surface area contributed by atoms with E-state index in [0.29, 0.717) is 32.8 Å². The third kappa shape index (κ3) is 4.24. The number of amides is 1. The molecule has 0 atom stereocenters. The molecule has 6 nitrogen and oxygen atoms in total. The third-order valence-corrected chi connectivity index (χ3v) is 5.74. The maximum atomic E-state index is 12.9. The smallest absolute Gasteiger partial charge is 0.255 e. The Morgan fingerprint density at radius 3 is 2.30 bits per heavy atom. The number of para-hydroxylation sites is 2. The summed E-state index contributed by atoms with van der Waals surface area (Å²) in [6.07, 6.45) is 1.13. The first kappa shape index (κ1) is 19.2. The first-order valence-corrected chi connectivity index (χ1v) is 10.9. The van der Waals surface area contributed by atoms with Crippen LogP contribution in [0.3, 0.4) is 0 Å². The molecule has 2 aromatic rings. The second-order valence-corrected chi connectivity index (χ2v) is 8.43. The van der Waals surface area contributed by atoms with Crippen molar-refractivity contribution in [3.8, 4) is 5.75 Å². The minimum Gasteiger partial charge on any atom is -0.492 e. The molecule has 0 unspecified atom stereocenters. The number of carbonyl (C=O) groups excluding carboxylic acids is 1. The number of nitrogens with zero attached hydrogens (tertiary/aromatic N) is 2. The van der Waals surface area contributed by atoms with Crippen LogP contribution in [0.25, 0.3) is 0 Å². The summed E-state index contributed by atoms with van der Waals surface area (Å²) in [5.41, 5.74) is 1.26. The van der Waals surface area contributed by atoms with E-state index in [1.807, 2.05) is 31.2 Å². The second kappa shape index (κ2) is 8.00. The first-order valence-electron chi connectivity index (χ1n) is 8.97. The molecule has 0 N–H and O–H groups in total. The molecule has 27 heavy (non-hydrogen) atoms. The fraction of sp³-hybridized carbons (Fsp3) is 0.350. The Morgan fingerprint density at radius 1 is 1.00 bits per heavy atom. The van der Waals surface area contributed by atoms with Crippen molar-refractivity contribution in [2.75, 3.05) is 43.9 Å². The maximum absolute atomic E-state index is 12.9. The lowest BCUT2D eigenvalue weighted by atomic mass is 10.1. The number of anilines is 1. The van der Waals surface area contributed by atoms with E-state index in [9.17, 15) is 13.2 Å². The Bertz CT molecular complexity index is 919. The van der Waals surface area contributed by atoms with Crippen LogP contribution in [0, 0.1) is 0 Å². The van der Waals surface area contributed by atoms with Gasteiger partial charge in [0.2, 0.25) is 0 Å². The highest BCUT2D eigenvalue weighted by molar-refractivity contribution is 7.90. The summed E-state index contributed by atoms with van der Waals surface area (Å²) in [6.45, 7) is 4.92. The average molecular weight is 388 g/mol. The zero-order chi connectivity index (χ0) is 19.4. The van der Waals surface area contributed by atoms with E-state index in [4.69, 9.17) is 4.74 Å². The summed E-state index contributed by atoms with van der Waals surface area (Å²) in [6, 6.07) is 14.3. The van der Waals surface area contributed by atoms with Gasteiger partial charge in [0.15, 0.2) is 9.84 Å². The molecular weight excluding hydrogens is 364 g/mol. The van der Waals surface area contributed by atoms with Crippen LogP contribution in [0.5, 0.6) is 5.75 Å². The summed E-state index contributed by atoms with van der Waals surface area (Å²) in [5.74, 6) is 0.593. The van der Waals surface area contributed by atoms with Gasteiger partial charge in [0.1, 0.15) is 5.75 Å². The molecule has 1 heterocycles. The Balaban J connectivity index is 1.75. The van der Waals surface area contributed by atoms with Crippen molar-refractivity contribution < 1.29 is 17.9 Å². The van der Waals surface area contributed by atoms with Gasteiger partial charge in [-0.3, -0.25) is 4.79 Å². The van der Waals surface area contributed by atoms with Gasteiger partial charge in [-0.25, -0.2) is 8.42 Å². The molecule has 1 aliphatic rings. The van der Waals surface area contributed by atoms with Crippen molar-refractivity contribution in [1.29, 1.82) is 0 Å². The van der Waals surface area contributed by atoms with E-state index in [2.05, 4.69) is 4.90 Å². The quantitative estimate of drug-likeness (QED) is 0.787. The molecule has 0 aliphatic carbocycles. The van der Waals surface area contributed by atoms with Gasteiger partial charge in [-0.05, 0) is 31.2 Å². The molecule has 2 aromatic carbocycles. The molecule has 0 aromatic heterocycles. The number of benzene rings is 2. The highest BCUT2D eigenvalue weighted by Gasteiger charge is 2.26. The molecule has 0 bridgehead atoms. The van der Waals surface area contributed by atoms with E-state index in [1.54, 1.807) is 23.1 Å². The molecule has 1 aliphatic heterocycles. The third-order valence-electron chi connectivity index (χ3n) is 4.59. The summed E-state index contributed by atoms with van der Waals surface area (Å²) in [7, 11) is -3.46. The first-order chi connectivity index (χ1) is 12.9. The number of carbonyl (C=O) groups is 1. The summed E-state index contributed by atoms with van der Waals surface area (Å²) >= 11 is 0. The minimum absolute atomic E-state index is 0.0825. The van der Waals surface area contributed by atoms with Gasteiger partial charge in [-0.15, -0.1) is 0 Å². The fourth-order valence-corrected chi connectivity index (χ4v) is 4.16. The Kier molecular flexibility index (Phi) is 5.70. The Hall–Kier alpha value is -2.54. The SMILES string of the molecule is CCOc1ccccc1N1CCN(C(=O)c2ccccc2S(C)(=O)=O)CC1. The highest BCUT2D eigenvalue weighted by atomic mass is 32.2. The van der Waals surface area contributed by atoms with Crippen LogP contribution in [0.1, 0.15) is 17.3 Å². The van der Waals surface area contributed by atoms with Crippen LogP contribution < -0.4 is 9.64 Å².